The molecule has 0 aliphatic carbocycles. The fourth-order valence-electron chi connectivity index (χ4n) is 0.472. The summed E-state index contributed by atoms with van der Waals surface area (Å²) in [6.45, 7) is 0. The predicted molar refractivity (Wildman–Crippen MR) is 40.2 cm³/mol. The van der Waals surface area contributed by atoms with E-state index in [-0.39, 0.29) is 10.7 Å². The second-order valence-electron chi connectivity index (χ2n) is 1.55. The largest absolute Gasteiger partial charge is 0.280 e. The van der Waals surface area contributed by atoms with Gasteiger partial charge in [0.15, 0.2) is 0 Å². The number of allylic oxidation sites excluding steroid dienone is 2. The van der Waals surface area contributed by atoms with Crippen molar-refractivity contribution >= 4 is 16.0 Å². The molecule has 0 aromatic carbocycles. The fraction of sp³-hybridized carbons (Fsp3) is 0. The lowest BCUT2D eigenvalue weighted by Crippen LogP contribution is -1.87. The van der Waals surface area contributed by atoms with Crippen LogP contribution in [0.25, 0.3) is 0 Å². The van der Waals surface area contributed by atoms with Gasteiger partial charge in [-0.15, -0.1) is 0 Å². The third-order valence-electron chi connectivity index (χ3n) is 0.921. The van der Waals surface area contributed by atoms with E-state index in [2.05, 4.69) is 5.11 Å². The Kier molecular flexibility index (Phi) is 1.92. The third kappa shape index (κ3) is 1.58. The van der Waals surface area contributed by atoms with E-state index in [4.69, 9.17) is 10.7 Å². The summed E-state index contributed by atoms with van der Waals surface area (Å²) >= 11 is 0. The molecule has 1 unspecified atom stereocenters. The van der Waals surface area contributed by atoms with Crippen molar-refractivity contribution in [3.63, 3.8) is 0 Å². The second kappa shape index (κ2) is 2.70. The lowest BCUT2D eigenvalue weighted by atomic mass is 10.4. The van der Waals surface area contributed by atoms with Crippen LogP contribution in [0.1, 0.15) is 0 Å². The molecule has 0 saturated heterocycles. The first-order chi connectivity index (χ1) is 4.33. The van der Waals surface area contributed by atoms with E-state index in [0.29, 0.717) is 5.70 Å². The average Bonchev–Trinajstić information content (AvgIpc) is 1.90. The Morgan fingerprint density at radius 2 is 2.44 bits per heavy atom. The van der Waals surface area contributed by atoms with Gasteiger partial charge in [0, 0.05) is 0 Å². The second-order valence-corrected chi connectivity index (χ2v) is 2.91. The predicted octanol–water partition coefficient (Wildman–Crippen LogP) is 1.37. The summed E-state index contributed by atoms with van der Waals surface area (Å²) in [7, 11) is -0.238. The van der Waals surface area contributed by atoms with Crippen LogP contribution in [0, 0.1) is 5.53 Å². The highest BCUT2D eigenvalue weighted by molar-refractivity contribution is 8.15. The molecule has 1 atom stereocenters. The first-order valence-electron chi connectivity index (χ1n) is 2.40. The molecule has 1 heterocycles. The molecule has 0 radical (unpaired) electrons. The van der Waals surface area contributed by atoms with E-state index in [9.17, 15) is 0 Å². The Morgan fingerprint density at radius 1 is 1.67 bits per heavy atom. The van der Waals surface area contributed by atoms with Crippen molar-refractivity contribution in [3.8, 4) is 0 Å². The number of hydrogen-bond donors (Lipinski definition) is 2. The topological polar surface area (TPSA) is 62.2 Å². The van der Waals surface area contributed by atoms with Gasteiger partial charge < -0.3 is 0 Å². The van der Waals surface area contributed by atoms with Crippen LogP contribution in [0.15, 0.2) is 28.4 Å². The van der Waals surface area contributed by atoms with E-state index in [1.165, 1.54) is 0 Å². The molecule has 0 aromatic heterocycles. The van der Waals surface area contributed by atoms with Gasteiger partial charge in [0.1, 0.15) is 0 Å². The summed E-state index contributed by atoms with van der Waals surface area (Å²) in [6, 6.07) is 0. The lowest BCUT2D eigenvalue weighted by molar-refractivity contribution is 1.10. The van der Waals surface area contributed by atoms with Crippen LogP contribution in [-0.2, 0) is 0 Å². The minimum absolute atomic E-state index is 0.238. The minimum Gasteiger partial charge on any atom is -0.280 e. The number of nitrogens with zero attached hydrogens (tertiary/aromatic N) is 1. The van der Waals surface area contributed by atoms with Gasteiger partial charge in [-0.05, 0) is 22.9 Å². The zero-order chi connectivity index (χ0) is 6.69. The van der Waals surface area contributed by atoms with Crippen LogP contribution in [0.2, 0.25) is 0 Å². The summed E-state index contributed by atoms with van der Waals surface area (Å²) in [5, 5.41) is 12.4. The first-order valence-corrected chi connectivity index (χ1v) is 3.81. The molecule has 48 valence electrons. The smallest absolute Gasteiger partial charge is 0.0860 e. The first kappa shape index (κ1) is 6.38. The van der Waals surface area contributed by atoms with Gasteiger partial charge in [-0.1, -0.05) is 10.7 Å². The summed E-state index contributed by atoms with van der Waals surface area (Å²) < 4.78 is 0. The van der Waals surface area contributed by atoms with E-state index in [1.807, 2.05) is 10.8 Å². The summed E-state index contributed by atoms with van der Waals surface area (Å²) in [4.78, 5) is 0. The van der Waals surface area contributed by atoms with Gasteiger partial charge in [-0.25, -0.2) is 5.53 Å². The quantitative estimate of drug-likeness (QED) is 0.420. The number of nitrogens with two attached hydrogens (primary N) is 1. The molecular weight excluding hydrogens is 134 g/mol. The molecule has 1 aliphatic rings. The maximum absolute atomic E-state index is 6.61. The molecule has 0 fully saturated rings. The highest BCUT2D eigenvalue weighted by Crippen LogP contribution is 2.11. The molecular formula is C5H7N3S. The molecule has 3 N–H and O–H groups in total. The van der Waals surface area contributed by atoms with Crippen molar-refractivity contribution in [1.82, 2.24) is 0 Å². The van der Waals surface area contributed by atoms with Gasteiger partial charge >= 0.3 is 0 Å². The number of hydrogen-bond acceptors (Lipinski definition) is 3. The van der Waals surface area contributed by atoms with E-state index < -0.39 is 0 Å². The molecule has 0 amide bonds. The van der Waals surface area contributed by atoms with Gasteiger partial charge in [0.25, 0.3) is 0 Å². The molecule has 0 bridgehead atoms. The Labute approximate surface area is 55.8 Å². The zero-order valence-electron chi connectivity index (χ0n) is 4.74. The Hall–Kier alpha value is -0.740. The van der Waals surface area contributed by atoms with Gasteiger partial charge in [-0.3, -0.25) is 5.14 Å². The fourth-order valence-corrected chi connectivity index (χ4v) is 1.16. The van der Waals surface area contributed by atoms with Crippen LogP contribution in [0.3, 0.4) is 0 Å². The molecule has 0 aromatic rings. The Bertz CT molecular complexity index is 214. The Morgan fingerprint density at radius 3 is 2.89 bits per heavy atom. The van der Waals surface area contributed by atoms with Crippen molar-refractivity contribution in [2.24, 2.45) is 10.3 Å². The molecule has 1 aliphatic heterocycles. The summed E-state index contributed by atoms with van der Waals surface area (Å²) in [6.07, 6.45) is 3.49. The molecule has 0 spiro atoms. The minimum atomic E-state index is -0.238. The van der Waals surface area contributed by atoms with Gasteiger partial charge in [0.05, 0.1) is 5.70 Å². The highest BCUT2D eigenvalue weighted by Gasteiger charge is 1.90. The average molecular weight is 141 g/mol. The normalized spacial score (nSPS) is 24.6. The molecule has 9 heavy (non-hydrogen) atoms. The molecule has 0 saturated carbocycles. The molecule has 4 heteroatoms. The van der Waals surface area contributed by atoms with Crippen LogP contribution < -0.4 is 5.14 Å². The van der Waals surface area contributed by atoms with E-state index in [1.54, 1.807) is 12.2 Å². The highest BCUT2D eigenvalue weighted by atomic mass is 32.2. The van der Waals surface area contributed by atoms with Crippen molar-refractivity contribution in [2.45, 2.75) is 0 Å². The van der Waals surface area contributed by atoms with Crippen LogP contribution in [0.5, 0.6) is 0 Å². The molecule has 1 rings (SSSR count). The number of rotatable bonds is 1. The zero-order valence-corrected chi connectivity index (χ0v) is 5.56. The van der Waals surface area contributed by atoms with Gasteiger partial charge in [0.2, 0.25) is 0 Å². The van der Waals surface area contributed by atoms with E-state index in [0.717, 1.165) is 0 Å². The SMILES string of the molecule is N=NC1=CC=S(N)C=C1. The third-order valence-corrected chi connectivity index (χ3v) is 1.82. The van der Waals surface area contributed by atoms with Crippen molar-refractivity contribution in [2.75, 3.05) is 0 Å². The molecule has 3 nitrogen and oxygen atoms in total. The van der Waals surface area contributed by atoms with Crippen LogP contribution in [0.4, 0.5) is 0 Å². The Balaban J connectivity index is 2.86. The van der Waals surface area contributed by atoms with Crippen LogP contribution in [-0.4, -0.2) is 5.37 Å². The maximum atomic E-state index is 6.61. The van der Waals surface area contributed by atoms with Crippen molar-refractivity contribution < 1.29 is 0 Å². The van der Waals surface area contributed by atoms with Crippen LogP contribution >= 0.6 is 10.7 Å². The maximum Gasteiger partial charge on any atom is 0.0860 e. The van der Waals surface area contributed by atoms with Crippen molar-refractivity contribution in [1.29, 1.82) is 5.53 Å². The monoisotopic (exact) mass is 141 g/mol. The number of nitrogens with one attached hydrogen (secondary N) is 1. The lowest BCUT2D eigenvalue weighted by Gasteiger charge is -1.97. The standard InChI is InChI=1S/C5H7N3S/c6-8-5-1-3-9(7)4-2-5/h1-4,6H,7H2. The van der Waals surface area contributed by atoms with E-state index >= 15 is 0 Å². The summed E-state index contributed by atoms with van der Waals surface area (Å²) in [5.74, 6) is 0. The van der Waals surface area contributed by atoms with Gasteiger partial charge in [-0.2, -0.15) is 5.11 Å². The van der Waals surface area contributed by atoms with Crippen molar-refractivity contribution in [3.05, 3.63) is 23.3 Å². The summed E-state index contributed by atoms with van der Waals surface area (Å²) in [5.41, 5.74) is 7.27.